The molecule has 69 heavy (non-hydrogen) atoms. The van der Waals surface area contributed by atoms with Crippen LogP contribution in [-0.2, 0) is 28.7 Å². The summed E-state index contributed by atoms with van der Waals surface area (Å²) in [5, 5.41) is 8.67. The minimum absolute atomic E-state index is 0.000558. The van der Waals surface area contributed by atoms with Crippen molar-refractivity contribution in [2.45, 2.75) is 77.3 Å². The van der Waals surface area contributed by atoms with E-state index in [9.17, 15) is 38.4 Å². The first kappa shape index (κ1) is 48.5. The van der Waals surface area contributed by atoms with Crippen LogP contribution in [-0.4, -0.2) is 149 Å². The van der Waals surface area contributed by atoms with E-state index in [4.69, 9.17) is 19.2 Å². The number of piperazine rings is 1. The summed E-state index contributed by atoms with van der Waals surface area (Å²) in [6.07, 6.45) is 8.24. The number of ketones is 2. The topological polar surface area (TPSA) is 254 Å². The van der Waals surface area contributed by atoms with Crippen LogP contribution >= 0.6 is 0 Å². The van der Waals surface area contributed by atoms with Crippen LogP contribution in [0.2, 0.25) is 0 Å². The van der Waals surface area contributed by atoms with Crippen molar-refractivity contribution in [3.05, 3.63) is 75.3 Å². The lowest BCUT2D eigenvalue weighted by atomic mass is 10.0. The smallest absolute Gasteiger partial charge is 0.266 e. The highest BCUT2D eigenvalue weighted by molar-refractivity contribution is 6.24. The average Bonchev–Trinajstić information content (AvgIpc) is 3.95. The Bertz CT molecular complexity index is 2690. The van der Waals surface area contributed by atoms with E-state index in [1.807, 2.05) is 12.1 Å². The van der Waals surface area contributed by atoms with E-state index in [-0.39, 0.29) is 71.6 Å². The third-order valence-corrected chi connectivity index (χ3v) is 12.8. The fourth-order valence-electron chi connectivity index (χ4n) is 9.32. The van der Waals surface area contributed by atoms with Gasteiger partial charge in [0.2, 0.25) is 17.8 Å². The standard InChI is InChI=1S/C48H56N10O11/c1-29-35-26-51-48(54-43(35)57(31-7-3-4-8-31)46(65)41(29)30(2)59)52-38-14-12-32(25-50-38)56-19-17-55(18-20-56)27-33(60)9-6-21-67-23-24-68-22-16-49-40(62)28-69-37-11-5-10-34-42(37)47(66)58(45(34)64)36-13-15-39(61)53-44(36)63/h5,10-12,14,25-26,31,36H,3-4,6-9,13,15-24,27-28H2,1-2H3,(H,49,62)(H,53,61,63)(H,50,51,52,54). The Kier molecular flexibility index (Phi) is 15.4. The van der Waals surface area contributed by atoms with Gasteiger partial charge in [-0.05, 0) is 69.4 Å². The maximum absolute atomic E-state index is 13.6. The van der Waals surface area contributed by atoms with E-state index in [0.29, 0.717) is 67.6 Å². The van der Waals surface area contributed by atoms with Gasteiger partial charge in [0.05, 0.1) is 54.9 Å². The molecule has 21 heteroatoms. The van der Waals surface area contributed by atoms with Crippen molar-refractivity contribution in [2.24, 2.45) is 0 Å². The first-order valence-electron chi connectivity index (χ1n) is 23.4. The number of anilines is 3. The van der Waals surface area contributed by atoms with Gasteiger partial charge in [-0.25, -0.2) is 9.97 Å². The number of pyridine rings is 2. The second-order valence-electron chi connectivity index (χ2n) is 17.5. The number of nitrogens with one attached hydrogen (secondary N) is 3. The van der Waals surface area contributed by atoms with Crippen LogP contribution in [0.5, 0.6) is 5.75 Å². The molecule has 1 saturated carbocycles. The quantitative estimate of drug-likeness (QED) is 0.0617. The van der Waals surface area contributed by atoms with Crippen molar-refractivity contribution in [2.75, 3.05) is 82.5 Å². The molecule has 0 radical (unpaired) electrons. The lowest BCUT2D eigenvalue weighted by Gasteiger charge is -2.35. The van der Waals surface area contributed by atoms with Gasteiger partial charge in [0, 0.05) is 69.8 Å². The number of nitrogens with zero attached hydrogens (tertiary/aromatic N) is 7. The number of Topliss-reactive ketones (excluding diaryl/α,β-unsaturated/α-hetero) is 2. The molecule has 2 saturated heterocycles. The predicted molar refractivity (Wildman–Crippen MR) is 250 cm³/mol. The number of imide groups is 2. The third kappa shape index (κ3) is 11.2. The van der Waals surface area contributed by atoms with Crippen LogP contribution < -0.4 is 31.1 Å². The second kappa shape index (κ2) is 22.0. The van der Waals surface area contributed by atoms with E-state index in [2.05, 4.69) is 35.7 Å². The number of hydrogen-bond acceptors (Lipinski definition) is 17. The molecule has 364 valence electrons. The van der Waals surface area contributed by atoms with Crippen molar-refractivity contribution in [3.8, 4) is 5.75 Å². The van der Waals surface area contributed by atoms with Crippen LogP contribution in [0.3, 0.4) is 0 Å². The second-order valence-corrected chi connectivity index (χ2v) is 17.5. The fourth-order valence-corrected chi connectivity index (χ4v) is 9.32. The molecule has 1 aromatic carbocycles. The van der Waals surface area contributed by atoms with Crippen molar-refractivity contribution in [1.29, 1.82) is 0 Å². The van der Waals surface area contributed by atoms with Crippen LogP contribution in [0.1, 0.15) is 101 Å². The molecule has 0 spiro atoms. The minimum atomic E-state index is -1.11. The highest BCUT2D eigenvalue weighted by Crippen LogP contribution is 2.34. The van der Waals surface area contributed by atoms with Gasteiger partial charge in [-0.2, -0.15) is 4.98 Å². The van der Waals surface area contributed by atoms with Gasteiger partial charge in [-0.15, -0.1) is 0 Å². The Morgan fingerprint density at radius 2 is 1.64 bits per heavy atom. The lowest BCUT2D eigenvalue weighted by molar-refractivity contribution is -0.136. The largest absolute Gasteiger partial charge is 0.483 e. The summed E-state index contributed by atoms with van der Waals surface area (Å²) in [6.45, 7) is 7.53. The molecule has 1 aliphatic carbocycles. The molecule has 5 amide bonds. The fraction of sp³-hybridized carbons (Fsp3) is 0.479. The zero-order valence-electron chi connectivity index (χ0n) is 38.8. The Hall–Kier alpha value is -6.97. The Balaban J connectivity index is 0.676. The first-order chi connectivity index (χ1) is 33.4. The van der Waals surface area contributed by atoms with Crippen LogP contribution in [0.4, 0.5) is 17.5 Å². The van der Waals surface area contributed by atoms with E-state index < -0.39 is 42.2 Å². The normalized spacial score (nSPS) is 17.6. The van der Waals surface area contributed by atoms with Gasteiger partial charge in [0.1, 0.15) is 29.0 Å². The van der Waals surface area contributed by atoms with E-state index in [0.717, 1.165) is 62.4 Å². The SMILES string of the molecule is CC(=O)c1c(C)c2cnc(Nc3ccc(N4CCN(CC(=O)CCCOCCOCCNC(=O)COc5cccc6c5C(=O)N(C5CCC(=O)NC5=O)C6=O)CC4)cn3)nc2n(C2CCCC2)c1=O. The Morgan fingerprint density at radius 3 is 2.36 bits per heavy atom. The summed E-state index contributed by atoms with van der Waals surface area (Å²) in [4.78, 5) is 120. The van der Waals surface area contributed by atoms with Crippen molar-refractivity contribution in [3.63, 3.8) is 0 Å². The van der Waals surface area contributed by atoms with Crippen molar-refractivity contribution >= 4 is 69.6 Å². The molecule has 0 bridgehead atoms. The zero-order chi connectivity index (χ0) is 48.6. The van der Waals surface area contributed by atoms with Crippen LogP contribution in [0.25, 0.3) is 11.0 Å². The van der Waals surface area contributed by atoms with Gasteiger partial charge < -0.3 is 29.7 Å². The number of benzene rings is 1. The van der Waals surface area contributed by atoms with Gasteiger partial charge in [0.25, 0.3) is 23.3 Å². The molecule has 1 unspecified atom stereocenters. The Morgan fingerprint density at radius 1 is 0.870 bits per heavy atom. The number of rotatable bonds is 21. The molecule has 6 heterocycles. The number of piperidine rings is 1. The molecule has 8 rings (SSSR count). The van der Waals surface area contributed by atoms with E-state index in [1.54, 1.807) is 23.9 Å². The number of fused-ring (bicyclic) bond motifs is 2. The van der Waals surface area contributed by atoms with Crippen molar-refractivity contribution in [1.82, 2.24) is 40.0 Å². The summed E-state index contributed by atoms with van der Waals surface area (Å²) >= 11 is 0. The first-order valence-corrected chi connectivity index (χ1v) is 23.4. The van der Waals surface area contributed by atoms with E-state index in [1.165, 1.54) is 25.1 Å². The maximum atomic E-state index is 13.6. The minimum Gasteiger partial charge on any atom is -0.483 e. The number of carbonyl (C=O) groups excluding carboxylic acids is 7. The van der Waals surface area contributed by atoms with Gasteiger partial charge in [0.15, 0.2) is 12.4 Å². The monoisotopic (exact) mass is 948 g/mol. The molecule has 3 aromatic heterocycles. The number of amides is 5. The number of aryl methyl sites for hydroxylation is 1. The molecule has 3 aliphatic heterocycles. The van der Waals surface area contributed by atoms with Gasteiger partial charge in [-0.3, -0.25) is 58.0 Å². The van der Waals surface area contributed by atoms with Crippen LogP contribution in [0, 0.1) is 6.92 Å². The summed E-state index contributed by atoms with van der Waals surface area (Å²) < 4.78 is 18.4. The predicted octanol–water partition coefficient (Wildman–Crippen LogP) is 2.66. The third-order valence-electron chi connectivity index (χ3n) is 12.8. The highest BCUT2D eigenvalue weighted by Gasteiger charge is 2.46. The molecule has 4 aliphatic rings. The number of hydrogen-bond donors (Lipinski definition) is 3. The summed E-state index contributed by atoms with van der Waals surface area (Å²) in [5.74, 6) is -2.27. The van der Waals surface area contributed by atoms with Gasteiger partial charge in [-0.1, -0.05) is 18.9 Å². The highest BCUT2D eigenvalue weighted by atomic mass is 16.5. The average molecular weight is 949 g/mol. The molecule has 4 aromatic rings. The molecule has 3 fully saturated rings. The molecular weight excluding hydrogens is 893 g/mol. The maximum Gasteiger partial charge on any atom is 0.266 e. The summed E-state index contributed by atoms with van der Waals surface area (Å²) in [7, 11) is 0. The summed E-state index contributed by atoms with van der Waals surface area (Å²) in [6, 6.07) is 7.13. The number of ether oxygens (including phenoxy) is 3. The summed E-state index contributed by atoms with van der Waals surface area (Å²) in [5.41, 5.74) is 1.98. The molecular formula is C48H56N10O11. The number of carbonyl (C=O) groups is 7. The Labute approximate surface area is 397 Å². The number of aromatic nitrogens is 4. The van der Waals surface area contributed by atoms with Gasteiger partial charge >= 0.3 is 0 Å². The van der Waals surface area contributed by atoms with Crippen LogP contribution in [0.15, 0.2) is 47.5 Å². The van der Waals surface area contributed by atoms with Crippen molar-refractivity contribution < 1.29 is 47.8 Å². The lowest BCUT2D eigenvalue weighted by Crippen LogP contribution is -2.54. The molecule has 1 atom stereocenters. The zero-order valence-corrected chi connectivity index (χ0v) is 38.8. The van der Waals surface area contributed by atoms with E-state index >= 15 is 0 Å². The molecule has 3 N–H and O–H groups in total. The molecule has 21 nitrogen and oxygen atoms in total.